The SMILES string of the molecule is CC(=O)C1=C(N=C(C)C)CCN(Cc2ccc(C(F)(F)F)c(F)c2)C1. The number of nitrogens with zero attached hydrogens (tertiary/aromatic N) is 2. The third kappa shape index (κ3) is 4.98. The monoisotopic (exact) mass is 356 g/mol. The molecule has 0 radical (unpaired) electrons. The van der Waals surface area contributed by atoms with E-state index >= 15 is 0 Å². The van der Waals surface area contributed by atoms with Crippen molar-refractivity contribution in [3.05, 3.63) is 46.4 Å². The van der Waals surface area contributed by atoms with Crippen LogP contribution in [0.5, 0.6) is 0 Å². The number of ketones is 1. The first-order chi connectivity index (χ1) is 11.6. The maximum Gasteiger partial charge on any atom is 0.419 e. The zero-order valence-corrected chi connectivity index (χ0v) is 14.4. The van der Waals surface area contributed by atoms with Crippen molar-refractivity contribution in [3.63, 3.8) is 0 Å². The van der Waals surface area contributed by atoms with E-state index in [9.17, 15) is 22.4 Å². The zero-order valence-electron chi connectivity index (χ0n) is 14.4. The number of hydrogen-bond acceptors (Lipinski definition) is 3. The van der Waals surface area contributed by atoms with Crippen LogP contribution in [0.2, 0.25) is 0 Å². The highest BCUT2D eigenvalue weighted by atomic mass is 19.4. The number of Topliss-reactive ketones (excluding diaryl/α,β-unsaturated/α-hetero) is 1. The van der Waals surface area contributed by atoms with Gasteiger partial charge in [-0.15, -0.1) is 0 Å². The van der Waals surface area contributed by atoms with Gasteiger partial charge in [-0.3, -0.25) is 14.7 Å². The van der Waals surface area contributed by atoms with E-state index < -0.39 is 17.6 Å². The van der Waals surface area contributed by atoms with Crippen molar-refractivity contribution >= 4 is 11.5 Å². The van der Waals surface area contributed by atoms with Crippen molar-refractivity contribution in [2.24, 2.45) is 4.99 Å². The van der Waals surface area contributed by atoms with Crippen LogP contribution in [-0.2, 0) is 17.5 Å². The molecule has 0 atom stereocenters. The molecule has 0 aliphatic carbocycles. The highest BCUT2D eigenvalue weighted by Crippen LogP contribution is 2.32. The van der Waals surface area contributed by atoms with Gasteiger partial charge in [0, 0.05) is 43.0 Å². The molecular weight excluding hydrogens is 336 g/mol. The first kappa shape index (κ1) is 19.3. The minimum absolute atomic E-state index is 0.0803. The lowest BCUT2D eigenvalue weighted by molar-refractivity contribution is -0.140. The van der Waals surface area contributed by atoms with Gasteiger partial charge in [0.05, 0.1) is 5.56 Å². The number of hydrogen-bond donors (Lipinski definition) is 0. The lowest BCUT2D eigenvalue weighted by Crippen LogP contribution is -2.33. The summed E-state index contributed by atoms with van der Waals surface area (Å²) in [5, 5.41) is 0. The summed E-state index contributed by atoms with van der Waals surface area (Å²) in [5.41, 5.74) is 1.37. The molecule has 0 fully saturated rings. The van der Waals surface area contributed by atoms with Crippen LogP contribution in [0, 0.1) is 5.82 Å². The Morgan fingerprint density at radius 3 is 2.44 bits per heavy atom. The van der Waals surface area contributed by atoms with E-state index in [1.54, 1.807) is 0 Å². The van der Waals surface area contributed by atoms with Crippen LogP contribution in [0.25, 0.3) is 0 Å². The first-order valence-corrected chi connectivity index (χ1v) is 7.90. The van der Waals surface area contributed by atoms with Gasteiger partial charge in [0.2, 0.25) is 0 Å². The average Bonchev–Trinajstić information content (AvgIpc) is 2.46. The van der Waals surface area contributed by atoms with Gasteiger partial charge >= 0.3 is 6.18 Å². The van der Waals surface area contributed by atoms with E-state index in [2.05, 4.69) is 4.99 Å². The number of benzene rings is 1. The van der Waals surface area contributed by atoms with Crippen LogP contribution in [0.4, 0.5) is 17.6 Å². The van der Waals surface area contributed by atoms with Crippen molar-refractivity contribution in [1.82, 2.24) is 4.90 Å². The van der Waals surface area contributed by atoms with E-state index in [1.807, 2.05) is 18.7 Å². The molecule has 1 aliphatic heterocycles. The van der Waals surface area contributed by atoms with Crippen molar-refractivity contribution in [2.45, 2.75) is 39.9 Å². The van der Waals surface area contributed by atoms with Crippen LogP contribution in [0.1, 0.15) is 38.3 Å². The molecular formula is C18H20F4N2O. The number of carbonyl (C=O) groups is 1. The first-order valence-electron chi connectivity index (χ1n) is 7.90. The molecule has 0 bridgehead atoms. The molecule has 3 nitrogen and oxygen atoms in total. The van der Waals surface area contributed by atoms with Crippen LogP contribution in [0.3, 0.4) is 0 Å². The van der Waals surface area contributed by atoms with Gasteiger partial charge in [-0.1, -0.05) is 6.07 Å². The van der Waals surface area contributed by atoms with Crippen LogP contribution >= 0.6 is 0 Å². The van der Waals surface area contributed by atoms with E-state index in [1.165, 1.54) is 13.0 Å². The minimum atomic E-state index is -4.71. The summed E-state index contributed by atoms with van der Waals surface area (Å²) in [5.74, 6) is -1.36. The van der Waals surface area contributed by atoms with Crippen molar-refractivity contribution in [2.75, 3.05) is 13.1 Å². The summed E-state index contributed by atoms with van der Waals surface area (Å²) in [4.78, 5) is 18.2. The van der Waals surface area contributed by atoms with Gasteiger partial charge in [-0.25, -0.2) is 4.39 Å². The lowest BCUT2D eigenvalue weighted by Gasteiger charge is -2.29. The second-order valence-corrected chi connectivity index (χ2v) is 6.31. The smallest absolute Gasteiger partial charge is 0.295 e. The van der Waals surface area contributed by atoms with Gasteiger partial charge in [-0.05, 0) is 38.5 Å². The Kier molecular flexibility index (Phi) is 5.77. The summed E-state index contributed by atoms with van der Waals surface area (Å²) in [6.45, 7) is 6.39. The van der Waals surface area contributed by atoms with Gasteiger partial charge in [-0.2, -0.15) is 13.2 Å². The predicted molar refractivity (Wildman–Crippen MR) is 87.8 cm³/mol. The Labute approximate surface area is 144 Å². The highest BCUT2D eigenvalue weighted by Gasteiger charge is 2.34. The summed E-state index contributed by atoms with van der Waals surface area (Å²) >= 11 is 0. The quantitative estimate of drug-likeness (QED) is 0.593. The molecule has 0 N–H and O–H groups in total. The Morgan fingerprint density at radius 2 is 1.92 bits per heavy atom. The Bertz CT molecular complexity index is 731. The molecule has 1 aliphatic rings. The average molecular weight is 356 g/mol. The second-order valence-electron chi connectivity index (χ2n) is 6.31. The highest BCUT2D eigenvalue weighted by molar-refractivity contribution is 5.95. The van der Waals surface area contributed by atoms with E-state index in [0.29, 0.717) is 30.6 Å². The van der Waals surface area contributed by atoms with E-state index in [0.717, 1.165) is 23.5 Å². The molecule has 1 aromatic rings. The van der Waals surface area contributed by atoms with Crippen LogP contribution in [0.15, 0.2) is 34.5 Å². The number of aliphatic imine (C=N–C) groups is 1. The predicted octanol–water partition coefficient (Wildman–Crippen LogP) is 4.37. The molecule has 0 spiro atoms. The molecule has 2 rings (SSSR count). The Hall–Kier alpha value is -2.02. The Morgan fingerprint density at radius 1 is 1.24 bits per heavy atom. The van der Waals surface area contributed by atoms with Gasteiger partial charge in [0.15, 0.2) is 5.78 Å². The van der Waals surface area contributed by atoms with Crippen molar-refractivity contribution < 1.29 is 22.4 Å². The number of halogens is 4. The molecule has 0 unspecified atom stereocenters. The van der Waals surface area contributed by atoms with Crippen molar-refractivity contribution in [3.8, 4) is 0 Å². The number of alkyl halides is 3. The molecule has 1 heterocycles. The molecule has 0 saturated carbocycles. The number of rotatable bonds is 4. The number of carbonyl (C=O) groups excluding carboxylic acids is 1. The summed E-state index contributed by atoms with van der Waals surface area (Å²) in [6, 6.07) is 2.93. The largest absolute Gasteiger partial charge is 0.419 e. The minimum Gasteiger partial charge on any atom is -0.295 e. The molecule has 7 heteroatoms. The Balaban J connectivity index is 2.18. The zero-order chi connectivity index (χ0) is 18.8. The van der Waals surface area contributed by atoms with Crippen LogP contribution in [-0.4, -0.2) is 29.5 Å². The topological polar surface area (TPSA) is 32.7 Å². The standard InChI is InChI=1S/C18H20F4N2O/c1-11(2)23-17-6-7-24(10-14(17)12(3)25)9-13-4-5-15(16(19)8-13)18(20,21)22/h4-5,8H,6-7,9-10H2,1-3H3. The summed E-state index contributed by atoms with van der Waals surface area (Å²) in [7, 11) is 0. The maximum absolute atomic E-state index is 13.7. The summed E-state index contributed by atoms with van der Waals surface area (Å²) in [6.07, 6.45) is -4.13. The fourth-order valence-electron chi connectivity index (χ4n) is 2.80. The molecule has 0 saturated heterocycles. The lowest BCUT2D eigenvalue weighted by atomic mass is 10.0. The molecule has 25 heavy (non-hydrogen) atoms. The molecule has 0 amide bonds. The molecule has 136 valence electrons. The molecule has 1 aromatic carbocycles. The molecule has 0 aromatic heterocycles. The maximum atomic E-state index is 13.7. The van der Waals surface area contributed by atoms with E-state index in [4.69, 9.17) is 0 Å². The van der Waals surface area contributed by atoms with E-state index in [-0.39, 0.29) is 12.3 Å². The van der Waals surface area contributed by atoms with Crippen molar-refractivity contribution in [1.29, 1.82) is 0 Å². The summed E-state index contributed by atoms with van der Waals surface area (Å²) < 4.78 is 51.6. The normalized spacial score (nSPS) is 16.1. The third-order valence-corrected chi connectivity index (χ3v) is 3.92. The third-order valence-electron chi connectivity index (χ3n) is 3.92. The van der Waals surface area contributed by atoms with Gasteiger partial charge in [0.25, 0.3) is 0 Å². The fourth-order valence-corrected chi connectivity index (χ4v) is 2.80. The van der Waals surface area contributed by atoms with Gasteiger partial charge in [0.1, 0.15) is 5.82 Å². The van der Waals surface area contributed by atoms with Gasteiger partial charge < -0.3 is 0 Å². The fraction of sp³-hybridized carbons (Fsp3) is 0.444. The second kappa shape index (κ2) is 7.47. The van der Waals surface area contributed by atoms with Crippen LogP contribution < -0.4 is 0 Å².